The van der Waals surface area contributed by atoms with E-state index in [4.69, 9.17) is 16.7 Å². The van der Waals surface area contributed by atoms with Crippen LogP contribution in [0.15, 0.2) is 48.8 Å². The molecule has 0 radical (unpaired) electrons. The molecule has 0 aliphatic carbocycles. The van der Waals surface area contributed by atoms with Gasteiger partial charge in [-0.05, 0) is 30.3 Å². The van der Waals surface area contributed by atoms with Crippen molar-refractivity contribution in [1.82, 2.24) is 15.0 Å². The molecule has 1 aromatic carbocycles. The first-order valence-electron chi connectivity index (χ1n) is 8.15. The van der Waals surface area contributed by atoms with Crippen molar-refractivity contribution in [3.8, 4) is 11.3 Å². The van der Waals surface area contributed by atoms with E-state index < -0.39 is 11.7 Å². The van der Waals surface area contributed by atoms with Crippen molar-refractivity contribution < 1.29 is 18.3 Å². The topological polar surface area (TPSA) is 83.0 Å². The minimum Gasteiger partial charge on any atom is -0.395 e. The molecule has 2 aromatic heterocycles. The van der Waals surface area contributed by atoms with Crippen LogP contribution in [0.2, 0.25) is 5.02 Å². The van der Waals surface area contributed by atoms with Crippen LogP contribution < -0.4 is 10.6 Å². The first kappa shape index (κ1) is 19.8. The van der Waals surface area contributed by atoms with Gasteiger partial charge in [0.05, 0.1) is 28.6 Å². The fraction of sp³-hybridized carbons (Fsp3) is 0.167. The highest BCUT2D eigenvalue weighted by Gasteiger charge is 2.30. The molecule has 3 aromatic rings. The zero-order valence-electron chi connectivity index (χ0n) is 14.3. The third-order valence-corrected chi connectivity index (χ3v) is 3.97. The van der Waals surface area contributed by atoms with Gasteiger partial charge in [0.15, 0.2) is 0 Å². The number of rotatable bonds is 6. The number of pyridine rings is 1. The third-order valence-electron chi connectivity index (χ3n) is 3.66. The van der Waals surface area contributed by atoms with Gasteiger partial charge in [0.2, 0.25) is 5.95 Å². The second-order valence-electron chi connectivity index (χ2n) is 5.67. The molecule has 0 saturated heterocycles. The maximum atomic E-state index is 12.8. The molecule has 0 aliphatic rings. The summed E-state index contributed by atoms with van der Waals surface area (Å²) >= 11 is 6.00. The molecule has 0 atom stereocenters. The molecule has 3 rings (SSSR count). The van der Waals surface area contributed by atoms with Crippen molar-refractivity contribution in [3.63, 3.8) is 0 Å². The molecule has 0 spiro atoms. The molecular weight excluding hydrogens is 395 g/mol. The van der Waals surface area contributed by atoms with E-state index in [9.17, 15) is 13.2 Å². The van der Waals surface area contributed by atoms with Crippen LogP contribution in [0.25, 0.3) is 11.3 Å². The maximum Gasteiger partial charge on any atom is 0.416 e. The molecule has 0 amide bonds. The molecule has 0 bridgehead atoms. The summed E-state index contributed by atoms with van der Waals surface area (Å²) in [5.41, 5.74) is 0.755. The Balaban J connectivity index is 1.95. The van der Waals surface area contributed by atoms with Crippen molar-refractivity contribution in [2.45, 2.75) is 6.18 Å². The van der Waals surface area contributed by atoms with Crippen molar-refractivity contribution in [3.05, 3.63) is 59.4 Å². The van der Waals surface area contributed by atoms with Crippen LogP contribution >= 0.6 is 11.6 Å². The van der Waals surface area contributed by atoms with Crippen LogP contribution in [0.3, 0.4) is 0 Å². The number of alkyl halides is 3. The van der Waals surface area contributed by atoms with Crippen molar-refractivity contribution in [1.29, 1.82) is 0 Å². The van der Waals surface area contributed by atoms with Crippen LogP contribution in [0, 0.1) is 0 Å². The van der Waals surface area contributed by atoms with E-state index in [-0.39, 0.29) is 29.8 Å². The van der Waals surface area contributed by atoms with E-state index >= 15 is 0 Å². The summed E-state index contributed by atoms with van der Waals surface area (Å²) in [7, 11) is 0. The average Bonchev–Trinajstić information content (AvgIpc) is 2.67. The number of nitrogens with one attached hydrogen (secondary N) is 2. The molecule has 0 fully saturated rings. The largest absolute Gasteiger partial charge is 0.416 e. The van der Waals surface area contributed by atoms with Crippen molar-refractivity contribution in [2.75, 3.05) is 23.8 Å². The number of nitrogens with zero attached hydrogens (tertiary/aromatic N) is 3. The van der Waals surface area contributed by atoms with Crippen molar-refractivity contribution in [2.24, 2.45) is 0 Å². The maximum absolute atomic E-state index is 12.8. The molecule has 0 saturated carbocycles. The smallest absolute Gasteiger partial charge is 0.395 e. The molecule has 2 heterocycles. The number of aromatic nitrogens is 3. The lowest BCUT2D eigenvalue weighted by atomic mass is 10.2. The first-order chi connectivity index (χ1) is 13.4. The number of benzene rings is 1. The molecule has 0 aliphatic heterocycles. The molecule has 146 valence electrons. The van der Waals surface area contributed by atoms with Gasteiger partial charge in [-0.25, -0.2) is 4.98 Å². The number of halogens is 4. The van der Waals surface area contributed by atoms with Crippen LogP contribution in [-0.4, -0.2) is 33.2 Å². The van der Waals surface area contributed by atoms with Gasteiger partial charge >= 0.3 is 6.18 Å². The van der Waals surface area contributed by atoms with E-state index in [2.05, 4.69) is 25.6 Å². The SMILES string of the molecule is OCCNc1nc(Nc2ccc(C(F)(F)F)cc2Cl)cc(-c2ccncc2)n1. The summed E-state index contributed by atoms with van der Waals surface area (Å²) in [6.07, 6.45) is -1.26. The Hall–Kier alpha value is -2.91. The molecule has 0 unspecified atom stereocenters. The zero-order chi connectivity index (χ0) is 20.1. The van der Waals surface area contributed by atoms with Crippen LogP contribution in [0.4, 0.5) is 30.6 Å². The third kappa shape index (κ3) is 4.87. The van der Waals surface area contributed by atoms with Gasteiger partial charge in [-0.1, -0.05) is 11.6 Å². The fourth-order valence-electron chi connectivity index (χ4n) is 2.36. The molecule has 28 heavy (non-hydrogen) atoms. The predicted molar refractivity (Wildman–Crippen MR) is 101 cm³/mol. The van der Waals surface area contributed by atoms with Crippen LogP contribution in [0.1, 0.15) is 5.56 Å². The minimum atomic E-state index is -4.48. The predicted octanol–water partition coefficient (Wildman–Crippen LogP) is 4.36. The average molecular weight is 410 g/mol. The lowest BCUT2D eigenvalue weighted by Crippen LogP contribution is -2.10. The highest BCUT2D eigenvalue weighted by molar-refractivity contribution is 6.33. The van der Waals surface area contributed by atoms with E-state index in [1.54, 1.807) is 30.6 Å². The summed E-state index contributed by atoms with van der Waals surface area (Å²) in [6.45, 7) is 0.122. The summed E-state index contributed by atoms with van der Waals surface area (Å²) < 4.78 is 38.4. The summed E-state index contributed by atoms with van der Waals surface area (Å²) in [6, 6.07) is 8.16. The Bertz CT molecular complexity index is 954. The number of aliphatic hydroxyl groups is 1. The lowest BCUT2D eigenvalue weighted by molar-refractivity contribution is -0.137. The van der Waals surface area contributed by atoms with Gasteiger partial charge in [0.25, 0.3) is 0 Å². The van der Waals surface area contributed by atoms with Gasteiger partial charge < -0.3 is 15.7 Å². The van der Waals surface area contributed by atoms with Gasteiger partial charge in [-0.15, -0.1) is 0 Å². The summed E-state index contributed by atoms with van der Waals surface area (Å²) in [4.78, 5) is 12.6. The van der Waals surface area contributed by atoms with Crippen LogP contribution in [0.5, 0.6) is 0 Å². The van der Waals surface area contributed by atoms with E-state index in [0.29, 0.717) is 11.5 Å². The van der Waals surface area contributed by atoms with Crippen molar-refractivity contribution >= 4 is 29.1 Å². The molecule has 6 nitrogen and oxygen atoms in total. The number of aliphatic hydroxyl groups excluding tert-OH is 1. The Morgan fingerprint density at radius 1 is 1.04 bits per heavy atom. The fourth-order valence-corrected chi connectivity index (χ4v) is 2.59. The number of anilines is 3. The second kappa shape index (κ2) is 8.41. The number of hydrogen-bond donors (Lipinski definition) is 3. The molecule has 10 heteroatoms. The lowest BCUT2D eigenvalue weighted by Gasteiger charge is -2.13. The second-order valence-corrected chi connectivity index (χ2v) is 6.07. The summed E-state index contributed by atoms with van der Waals surface area (Å²) in [5, 5.41) is 14.7. The standard InChI is InChI=1S/C18H15ClF3N5O/c19-13-9-12(18(20,21)22)1-2-14(13)25-16-10-15(11-3-5-23-6-4-11)26-17(27-16)24-7-8-28/h1-6,9-10,28H,7-8H2,(H2,24,25,26,27). The Morgan fingerprint density at radius 3 is 2.43 bits per heavy atom. The highest BCUT2D eigenvalue weighted by Crippen LogP contribution is 2.35. The Kier molecular flexibility index (Phi) is 5.96. The highest BCUT2D eigenvalue weighted by atomic mass is 35.5. The van der Waals surface area contributed by atoms with Gasteiger partial charge in [-0.3, -0.25) is 4.98 Å². The quantitative estimate of drug-likeness (QED) is 0.561. The number of hydrogen-bond acceptors (Lipinski definition) is 6. The molecular formula is C18H15ClF3N5O. The Morgan fingerprint density at radius 2 is 1.79 bits per heavy atom. The van der Waals surface area contributed by atoms with Gasteiger partial charge in [-0.2, -0.15) is 18.2 Å². The minimum absolute atomic E-state index is 0.0937. The van der Waals surface area contributed by atoms with Crippen LogP contribution in [-0.2, 0) is 6.18 Å². The Labute approximate surface area is 163 Å². The zero-order valence-corrected chi connectivity index (χ0v) is 15.1. The van der Waals surface area contributed by atoms with E-state index in [1.807, 2.05) is 0 Å². The molecule has 3 N–H and O–H groups in total. The van der Waals surface area contributed by atoms with Gasteiger partial charge in [0, 0.05) is 30.6 Å². The normalized spacial score (nSPS) is 11.3. The van der Waals surface area contributed by atoms with E-state index in [0.717, 1.165) is 17.7 Å². The summed E-state index contributed by atoms with van der Waals surface area (Å²) in [5.74, 6) is 0.567. The van der Waals surface area contributed by atoms with Gasteiger partial charge in [0.1, 0.15) is 5.82 Å². The first-order valence-corrected chi connectivity index (χ1v) is 8.52. The van der Waals surface area contributed by atoms with E-state index in [1.165, 1.54) is 6.07 Å². The monoisotopic (exact) mass is 409 g/mol.